The van der Waals surface area contributed by atoms with Gasteiger partial charge in [0, 0.05) is 5.02 Å². The van der Waals surface area contributed by atoms with Crippen molar-refractivity contribution in [2.75, 3.05) is 6.61 Å². The second kappa shape index (κ2) is 7.53. The molecule has 0 spiro atoms. The van der Waals surface area contributed by atoms with Crippen LogP contribution in [0.15, 0.2) is 24.0 Å². The molecule has 7 heteroatoms. The summed E-state index contributed by atoms with van der Waals surface area (Å²) >= 11 is 5.90. The molecule has 0 bridgehead atoms. The number of Topliss-reactive ketones (excluding diaryl/α,β-unsaturated/α-hetero) is 1. The number of aliphatic hydroxyl groups excluding tert-OH is 5. The van der Waals surface area contributed by atoms with E-state index in [9.17, 15) is 20.1 Å². The molecular formula is C14H17ClO6. The van der Waals surface area contributed by atoms with Gasteiger partial charge in [-0.15, -0.1) is 0 Å². The summed E-state index contributed by atoms with van der Waals surface area (Å²) in [6.07, 6.45) is -4.57. The monoisotopic (exact) mass is 316 g/mol. The van der Waals surface area contributed by atoms with Crippen LogP contribution in [0.3, 0.4) is 0 Å². The van der Waals surface area contributed by atoms with Gasteiger partial charge in [-0.25, -0.2) is 0 Å². The third-order valence-electron chi connectivity index (χ3n) is 2.93. The van der Waals surface area contributed by atoms with E-state index in [0.717, 1.165) is 11.6 Å². The van der Waals surface area contributed by atoms with Gasteiger partial charge in [0.15, 0.2) is 5.76 Å². The fraction of sp³-hybridized carbons (Fsp3) is 0.357. The highest BCUT2D eigenvalue weighted by Gasteiger charge is 2.31. The number of benzene rings is 1. The fourth-order valence-electron chi connectivity index (χ4n) is 1.55. The van der Waals surface area contributed by atoms with E-state index in [4.69, 9.17) is 21.8 Å². The Morgan fingerprint density at radius 1 is 1.33 bits per heavy atom. The largest absolute Gasteiger partial charge is 0.504 e. The maximum absolute atomic E-state index is 11.7. The molecule has 0 saturated carbocycles. The first-order valence-corrected chi connectivity index (χ1v) is 6.51. The number of hydrogen-bond acceptors (Lipinski definition) is 6. The van der Waals surface area contributed by atoms with Gasteiger partial charge in [0.25, 0.3) is 0 Å². The molecule has 0 saturated heterocycles. The zero-order chi connectivity index (χ0) is 16.2. The zero-order valence-electron chi connectivity index (χ0n) is 11.3. The Hall–Kier alpha value is -1.44. The Kier molecular flexibility index (Phi) is 6.32. The Balaban J connectivity index is 2.90. The minimum absolute atomic E-state index is 0.431. The lowest BCUT2D eigenvalue weighted by molar-refractivity contribution is -0.138. The van der Waals surface area contributed by atoms with Crippen molar-refractivity contribution in [1.29, 1.82) is 0 Å². The van der Waals surface area contributed by atoms with E-state index in [1.165, 1.54) is 6.07 Å². The average Bonchev–Trinajstić information content (AvgIpc) is 2.47. The number of carbonyl (C=O) groups excluding carboxylic acids is 1. The number of halogens is 1. The maximum atomic E-state index is 11.7. The highest BCUT2D eigenvalue weighted by atomic mass is 35.5. The topological polar surface area (TPSA) is 118 Å². The Bertz CT molecular complexity index is 542. The smallest absolute Gasteiger partial charge is 0.228 e. The summed E-state index contributed by atoms with van der Waals surface area (Å²) in [5, 5.41) is 46.8. The molecule has 116 valence electrons. The first-order chi connectivity index (χ1) is 9.77. The van der Waals surface area contributed by atoms with Crippen LogP contribution >= 0.6 is 11.6 Å². The second-order valence-electron chi connectivity index (χ2n) is 4.59. The summed E-state index contributed by atoms with van der Waals surface area (Å²) < 4.78 is 0. The lowest BCUT2D eigenvalue weighted by Gasteiger charge is -2.20. The van der Waals surface area contributed by atoms with Crippen LogP contribution in [-0.4, -0.2) is 56.2 Å². The SMILES string of the molecule is Cc1ccc(C=C(O)C(=O)[C@H](O)[C@@H](O)[C@H](O)CO)cc1Cl. The van der Waals surface area contributed by atoms with Crippen LogP contribution in [0.1, 0.15) is 11.1 Å². The molecule has 0 amide bonds. The third kappa shape index (κ3) is 4.52. The quantitative estimate of drug-likeness (QED) is 0.378. The molecule has 1 aromatic carbocycles. The summed E-state index contributed by atoms with van der Waals surface area (Å²) in [6.45, 7) is 0.959. The van der Waals surface area contributed by atoms with Crippen molar-refractivity contribution in [2.45, 2.75) is 25.2 Å². The average molecular weight is 317 g/mol. The predicted molar refractivity (Wildman–Crippen MR) is 76.9 cm³/mol. The molecule has 5 N–H and O–H groups in total. The minimum atomic E-state index is -2.05. The van der Waals surface area contributed by atoms with Crippen LogP contribution in [0, 0.1) is 6.92 Å². The standard InChI is InChI=1S/C14H17ClO6/c1-7-2-3-8(4-9(7)15)5-10(17)12(19)14(21)13(20)11(18)6-16/h2-5,11,13-14,16-18,20-21H,6H2,1H3/t11-,13+,14+/m1/s1. The molecule has 0 radical (unpaired) electrons. The van der Waals surface area contributed by atoms with Gasteiger partial charge in [-0.1, -0.05) is 23.7 Å². The molecule has 1 aromatic rings. The number of ketones is 1. The number of aliphatic hydroxyl groups is 5. The van der Waals surface area contributed by atoms with Crippen molar-refractivity contribution < 1.29 is 30.3 Å². The molecule has 1 rings (SSSR count). The van der Waals surface area contributed by atoms with E-state index in [2.05, 4.69) is 0 Å². The van der Waals surface area contributed by atoms with Crippen molar-refractivity contribution >= 4 is 23.5 Å². The van der Waals surface area contributed by atoms with Crippen LogP contribution in [-0.2, 0) is 4.79 Å². The van der Waals surface area contributed by atoms with Gasteiger partial charge < -0.3 is 25.5 Å². The molecule has 0 aliphatic carbocycles. The lowest BCUT2D eigenvalue weighted by atomic mass is 10.0. The minimum Gasteiger partial charge on any atom is -0.504 e. The van der Waals surface area contributed by atoms with Crippen molar-refractivity contribution in [3.8, 4) is 0 Å². The Morgan fingerprint density at radius 2 is 1.95 bits per heavy atom. The zero-order valence-corrected chi connectivity index (χ0v) is 12.0. The van der Waals surface area contributed by atoms with Crippen molar-refractivity contribution in [3.63, 3.8) is 0 Å². The van der Waals surface area contributed by atoms with E-state index in [0.29, 0.717) is 10.6 Å². The predicted octanol–water partition coefficient (Wildman–Crippen LogP) is 0.191. The van der Waals surface area contributed by atoms with Crippen LogP contribution in [0.25, 0.3) is 6.08 Å². The van der Waals surface area contributed by atoms with E-state index in [-0.39, 0.29) is 0 Å². The first kappa shape index (κ1) is 17.6. The van der Waals surface area contributed by atoms with E-state index in [1.54, 1.807) is 19.1 Å². The Morgan fingerprint density at radius 3 is 2.48 bits per heavy atom. The summed E-state index contributed by atoms with van der Waals surface area (Å²) in [5.74, 6) is -1.97. The molecule has 0 heterocycles. The molecule has 6 nitrogen and oxygen atoms in total. The van der Waals surface area contributed by atoms with Crippen molar-refractivity contribution in [2.24, 2.45) is 0 Å². The molecule has 3 atom stereocenters. The molecule has 0 fully saturated rings. The number of aryl methyl sites for hydroxylation is 1. The number of rotatable bonds is 6. The third-order valence-corrected chi connectivity index (χ3v) is 3.33. The normalized spacial score (nSPS) is 16.4. The number of carbonyl (C=O) groups is 1. The van der Waals surface area contributed by atoms with Crippen LogP contribution in [0.2, 0.25) is 5.02 Å². The van der Waals surface area contributed by atoms with Gasteiger partial charge in [-0.05, 0) is 30.2 Å². The van der Waals surface area contributed by atoms with Gasteiger partial charge in [0.1, 0.15) is 18.3 Å². The number of hydrogen-bond donors (Lipinski definition) is 5. The van der Waals surface area contributed by atoms with E-state index in [1.807, 2.05) is 0 Å². The summed E-state index contributed by atoms with van der Waals surface area (Å²) in [4.78, 5) is 11.7. The maximum Gasteiger partial charge on any atom is 0.228 e. The Labute approximate surface area is 126 Å². The second-order valence-corrected chi connectivity index (χ2v) is 5.00. The van der Waals surface area contributed by atoms with Crippen molar-refractivity contribution in [3.05, 3.63) is 40.1 Å². The lowest BCUT2D eigenvalue weighted by Crippen LogP contribution is -2.44. The van der Waals surface area contributed by atoms with E-state index >= 15 is 0 Å². The summed E-state index contributed by atoms with van der Waals surface area (Å²) in [6, 6.07) is 4.81. The fourth-order valence-corrected chi connectivity index (χ4v) is 1.74. The first-order valence-electron chi connectivity index (χ1n) is 6.14. The van der Waals surface area contributed by atoms with Gasteiger partial charge in [0.05, 0.1) is 6.61 Å². The molecular weight excluding hydrogens is 300 g/mol. The van der Waals surface area contributed by atoms with Crippen LogP contribution < -0.4 is 0 Å². The molecule has 0 unspecified atom stereocenters. The van der Waals surface area contributed by atoms with Crippen LogP contribution in [0.5, 0.6) is 0 Å². The summed E-state index contributed by atoms with van der Waals surface area (Å²) in [7, 11) is 0. The van der Waals surface area contributed by atoms with Gasteiger partial charge in [-0.2, -0.15) is 0 Å². The molecule has 0 aliphatic rings. The van der Waals surface area contributed by atoms with Crippen LogP contribution in [0.4, 0.5) is 0 Å². The van der Waals surface area contributed by atoms with Crippen molar-refractivity contribution in [1.82, 2.24) is 0 Å². The molecule has 21 heavy (non-hydrogen) atoms. The highest BCUT2D eigenvalue weighted by Crippen LogP contribution is 2.19. The van der Waals surface area contributed by atoms with Gasteiger partial charge in [0.2, 0.25) is 5.78 Å². The van der Waals surface area contributed by atoms with Gasteiger partial charge >= 0.3 is 0 Å². The van der Waals surface area contributed by atoms with E-state index < -0.39 is 36.5 Å². The molecule has 0 aromatic heterocycles. The van der Waals surface area contributed by atoms with Gasteiger partial charge in [-0.3, -0.25) is 4.79 Å². The molecule has 0 aliphatic heterocycles. The highest BCUT2D eigenvalue weighted by molar-refractivity contribution is 6.31. The summed E-state index contributed by atoms with van der Waals surface area (Å²) in [5.41, 5.74) is 1.25.